The molecule has 2 aliphatic carbocycles. The number of hydrogen-bond acceptors (Lipinski definition) is 8. The summed E-state index contributed by atoms with van der Waals surface area (Å²) in [5, 5.41) is 32.8. The minimum Gasteiger partial charge on any atom is -0.512 e. The zero-order valence-electron chi connectivity index (χ0n) is 15.3. The lowest BCUT2D eigenvalue weighted by Crippen LogP contribution is -2.37. The predicted molar refractivity (Wildman–Crippen MR) is 98.4 cm³/mol. The normalized spacial score (nSPS) is 19.4. The van der Waals surface area contributed by atoms with Gasteiger partial charge in [0.25, 0.3) is 0 Å². The van der Waals surface area contributed by atoms with Crippen molar-refractivity contribution in [1.82, 2.24) is 0 Å². The van der Waals surface area contributed by atoms with Crippen LogP contribution in [0.5, 0.6) is 0 Å². The average Bonchev–Trinajstić information content (AvgIpc) is 2.65. The number of ketones is 3. The number of aliphatic hydroxyl groups is 1. The van der Waals surface area contributed by atoms with Gasteiger partial charge in [-0.15, -0.1) is 0 Å². The third-order valence-corrected chi connectivity index (χ3v) is 5.37. The third kappa shape index (κ3) is 3.78. The number of allylic oxidation sites excluding steroid dienone is 2. The molecule has 0 heterocycles. The highest BCUT2D eigenvalue weighted by Crippen LogP contribution is 2.43. The average molecular weight is 402 g/mol. The van der Waals surface area contributed by atoms with E-state index in [2.05, 4.69) is 0 Å². The van der Waals surface area contributed by atoms with Crippen molar-refractivity contribution in [3.05, 3.63) is 55.3 Å². The molecule has 0 amide bonds. The molecule has 0 aromatic heterocycles. The Morgan fingerprint density at radius 1 is 0.897 bits per heavy atom. The van der Waals surface area contributed by atoms with Crippen molar-refractivity contribution in [3.63, 3.8) is 0 Å². The molecule has 10 heteroatoms. The van der Waals surface area contributed by atoms with Gasteiger partial charge >= 0.3 is 11.4 Å². The Hall–Kier alpha value is -3.43. The molecule has 1 aromatic rings. The van der Waals surface area contributed by atoms with Crippen LogP contribution < -0.4 is 0 Å². The summed E-state index contributed by atoms with van der Waals surface area (Å²) in [5.41, 5.74) is -1.61. The highest BCUT2D eigenvalue weighted by Gasteiger charge is 2.43. The van der Waals surface area contributed by atoms with E-state index in [4.69, 9.17) is 0 Å². The smallest absolute Gasteiger partial charge is 0.346 e. The van der Waals surface area contributed by atoms with Gasteiger partial charge in [-0.05, 0) is 18.4 Å². The highest BCUT2D eigenvalue weighted by atomic mass is 16.6. The van der Waals surface area contributed by atoms with Crippen LogP contribution in [0.1, 0.15) is 50.0 Å². The number of nitro benzene ring substituents is 2. The third-order valence-electron chi connectivity index (χ3n) is 5.37. The number of carbonyl (C=O) groups excluding carboxylic acids is 3. The molecule has 0 aliphatic heterocycles. The van der Waals surface area contributed by atoms with Crippen LogP contribution in [0, 0.1) is 26.1 Å². The second-order valence-corrected chi connectivity index (χ2v) is 7.14. The first kappa shape index (κ1) is 20.3. The molecule has 1 saturated carbocycles. The highest BCUT2D eigenvalue weighted by molar-refractivity contribution is 6.08. The topological polar surface area (TPSA) is 158 Å². The van der Waals surface area contributed by atoms with Gasteiger partial charge in [0.05, 0.1) is 21.5 Å². The van der Waals surface area contributed by atoms with Crippen molar-refractivity contribution in [2.45, 2.75) is 44.4 Å². The summed E-state index contributed by atoms with van der Waals surface area (Å²) in [6, 6.07) is 3.04. The molecule has 0 radical (unpaired) electrons. The van der Waals surface area contributed by atoms with E-state index in [0.717, 1.165) is 12.1 Å². The van der Waals surface area contributed by atoms with Crippen LogP contribution in [-0.2, 0) is 14.4 Å². The fraction of sp³-hybridized carbons (Fsp3) is 0.421. The number of benzene rings is 1. The first-order valence-electron chi connectivity index (χ1n) is 9.15. The monoisotopic (exact) mass is 402 g/mol. The SMILES string of the molecule is O=C1CCCC(O)=C1C(c1ccc([N+](=O)[O-])c([N+](=O)[O-])c1)C1C(=O)CCCC1=O. The van der Waals surface area contributed by atoms with E-state index >= 15 is 0 Å². The summed E-state index contributed by atoms with van der Waals surface area (Å²) in [7, 11) is 0. The molecule has 0 bridgehead atoms. The van der Waals surface area contributed by atoms with E-state index in [1.807, 2.05) is 0 Å². The van der Waals surface area contributed by atoms with Gasteiger partial charge in [-0.25, -0.2) is 0 Å². The Morgan fingerprint density at radius 3 is 2.03 bits per heavy atom. The van der Waals surface area contributed by atoms with Gasteiger partial charge in [-0.1, -0.05) is 6.07 Å². The van der Waals surface area contributed by atoms with Crippen LogP contribution in [0.2, 0.25) is 0 Å². The minimum atomic E-state index is -1.26. The summed E-state index contributed by atoms with van der Waals surface area (Å²) in [5.74, 6) is -3.98. The van der Waals surface area contributed by atoms with Gasteiger partial charge in [0.1, 0.15) is 11.6 Å². The predicted octanol–water partition coefficient (Wildman–Crippen LogP) is 3.09. The molecule has 152 valence electrons. The van der Waals surface area contributed by atoms with E-state index in [0.29, 0.717) is 12.8 Å². The number of hydrogen-bond donors (Lipinski definition) is 1. The van der Waals surface area contributed by atoms with E-state index < -0.39 is 50.4 Å². The quantitative estimate of drug-likeness (QED) is 0.447. The minimum absolute atomic E-state index is 0.0488. The Bertz CT molecular complexity index is 949. The number of rotatable bonds is 5. The maximum Gasteiger partial charge on any atom is 0.346 e. The fourth-order valence-corrected chi connectivity index (χ4v) is 4.06. The number of nitro groups is 2. The Kier molecular flexibility index (Phi) is 5.53. The molecule has 2 aliphatic rings. The molecule has 1 unspecified atom stereocenters. The number of carbonyl (C=O) groups is 3. The molecule has 3 rings (SSSR count). The molecular weight excluding hydrogens is 384 g/mol. The Balaban J connectivity index is 2.24. The summed E-state index contributed by atoms with van der Waals surface area (Å²) >= 11 is 0. The second-order valence-electron chi connectivity index (χ2n) is 7.14. The summed E-state index contributed by atoms with van der Waals surface area (Å²) in [6.07, 6.45) is 1.31. The van der Waals surface area contributed by atoms with Crippen LogP contribution in [0.4, 0.5) is 11.4 Å². The Labute approximate surface area is 164 Å². The van der Waals surface area contributed by atoms with Gasteiger partial charge in [0.15, 0.2) is 5.78 Å². The lowest BCUT2D eigenvalue weighted by molar-refractivity contribution is -0.422. The molecule has 1 aromatic carbocycles. The van der Waals surface area contributed by atoms with Gasteiger partial charge in [0, 0.05) is 49.3 Å². The van der Waals surface area contributed by atoms with Gasteiger partial charge in [0.2, 0.25) is 0 Å². The Morgan fingerprint density at radius 2 is 1.48 bits per heavy atom. The molecule has 1 N–H and O–H groups in total. The molecule has 1 fully saturated rings. The van der Waals surface area contributed by atoms with E-state index in [9.17, 15) is 39.7 Å². The number of aliphatic hydroxyl groups excluding tert-OH is 1. The van der Waals surface area contributed by atoms with Crippen molar-refractivity contribution in [3.8, 4) is 0 Å². The van der Waals surface area contributed by atoms with Crippen molar-refractivity contribution in [2.75, 3.05) is 0 Å². The van der Waals surface area contributed by atoms with Crippen molar-refractivity contribution >= 4 is 28.7 Å². The summed E-state index contributed by atoms with van der Waals surface area (Å²) < 4.78 is 0. The maximum absolute atomic E-state index is 12.6. The van der Waals surface area contributed by atoms with Crippen LogP contribution in [0.3, 0.4) is 0 Å². The van der Waals surface area contributed by atoms with Gasteiger partial charge < -0.3 is 5.11 Å². The lowest BCUT2D eigenvalue weighted by atomic mass is 9.69. The molecule has 1 atom stereocenters. The molecular formula is C19H18N2O8. The summed E-state index contributed by atoms with van der Waals surface area (Å²) in [4.78, 5) is 58.4. The van der Waals surface area contributed by atoms with Crippen molar-refractivity contribution in [1.29, 1.82) is 0 Å². The van der Waals surface area contributed by atoms with Crippen LogP contribution in [0.15, 0.2) is 29.5 Å². The van der Waals surface area contributed by atoms with Crippen LogP contribution in [0.25, 0.3) is 0 Å². The van der Waals surface area contributed by atoms with Gasteiger partial charge in [-0.3, -0.25) is 34.6 Å². The maximum atomic E-state index is 12.6. The van der Waals surface area contributed by atoms with Crippen molar-refractivity contribution < 1.29 is 29.3 Å². The van der Waals surface area contributed by atoms with E-state index in [1.54, 1.807) is 0 Å². The number of Topliss-reactive ketones (excluding diaryl/α,β-unsaturated/α-hetero) is 3. The van der Waals surface area contributed by atoms with Crippen molar-refractivity contribution in [2.24, 2.45) is 5.92 Å². The first-order chi connectivity index (χ1) is 13.7. The van der Waals surface area contributed by atoms with Gasteiger partial charge in [-0.2, -0.15) is 0 Å². The lowest BCUT2D eigenvalue weighted by Gasteiger charge is -2.31. The largest absolute Gasteiger partial charge is 0.512 e. The van der Waals surface area contributed by atoms with Crippen LogP contribution >= 0.6 is 0 Å². The molecule has 0 saturated heterocycles. The zero-order valence-corrected chi connectivity index (χ0v) is 15.3. The second kappa shape index (κ2) is 7.90. The molecule has 0 spiro atoms. The molecule has 29 heavy (non-hydrogen) atoms. The van der Waals surface area contributed by atoms with E-state index in [1.165, 1.54) is 6.07 Å². The number of nitrogens with zero attached hydrogens (tertiary/aromatic N) is 2. The fourth-order valence-electron chi connectivity index (χ4n) is 4.06. The molecule has 10 nitrogen and oxygen atoms in total. The zero-order chi connectivity index (χ0) is 21.3. The standard InChI is InChI=1S/C19H18N2O8/c22-13-3-1-4-14(23)18(13)17(19-15(24)5-2-6-16(19)25)10-7-8-11(20(26)27)12(9-10)21(28)29/h7-9,17-18,24H,1-6H2. The first-order valence-corrected chi connectivity index (χ1v) is 9.15. The summed E-state index contributed by atoms with van der Waals surface area (Å²) in [6.45, 7) is 0. The van der Waals surface area contributed by atoms with Crippen LogP contribution in [-0.4, -0.2) is 32.3 Å². The van der Waals surface area contributed by atoms with E-state index in [-0.39, 0.29) is 42.6 Å².